The van der Waals surface area contributed by atoms with Crippen LogP contribution in [0, 0.1) is 0 Å². The third-order valence-electron chi connectivity index (χ3n) is 3.56. The van der Waals surface area contributed by atoms with Crippen molar-refractivity contribution in [1.29, 1.82) is 0 Å². The van der Waals surface area contributed by atoms with E-state index in [0.29, 0.717) is 5.88 Å². The minimum atomic E-state index is 0.114. The lowest BCUT2D eigenvalue weighted by molar-refractivity contribution is 0.634. The van der Waals surface area contributed by atoms with Gasteiger partial charge in [0.2, 0.25) is 0 Å². The number of rotatable bonds is 3. The van der Waals surface area contributed by atoms with Crippen molar-refractivity contribution in [2.45, 2.75) is 18.8 Å². The lowest BCUT2D eigenvalue weighted by atomic mass is 10.1. The summed E-state index contributed by atoms with van der Waals surface area (Å²) in [5.74, 6) is 1.23. The Balaban J connectivity index is 2.18. The van der Waals surface area contributed by atoms with Crippen LogP contribution in [0.2, 0.25) is 5.02 Å². The summed E-state index contributed by atoms with van der Waals surface area (Å²) in [5, 5.41) is 0.735. The van der Waals surface area contributed by atoms with Gasteiger partial charge in [0, 0.05) is 9.50 Å². The number of aromatic nitrogens is 2. The van der Waals surface area contributed by atoms with Crippen LogP contribution in [-0.4, -0.2) is 9.55 Å². The molecule has 1 heterocycles. The van der Waals surface area contributed by atoms with Gasteiger partial charge in [-0.05, 0) is 42.8 Å². The van der Waals surface area contributed by atoms with E-state index in [9.17, 15) is 0 Å². The Labute approximate surface area is 141 Å². The van der Waals surface area contributed by atoms with Gasteiger partial charge in [0.05, 0.1) is 23.0 Å². The lowest BCUT2D eigenvalue weighted by Crippen LogP contribution is -2.09. The second kappa shape index (κ2) is 5.99. The van der Waals surface area contributed by atoms with Gasteiger partial charge in [0.25, 0.3) is 0 Å². The van der Waals surface area contributed by atoms with Crippen molar-refractivity contribution >= 4 is 50.2 Å². The Kier molecular flexibility index (Phi) is 4.25. The fraction of sp³-hybridized carbons (Fsp3) is 0.188. The van der Waals surface area contributed by atoms with E-state index in [2.05, 4.69) is 44.5 Å². The van der Waals surface area contributed by atoms with Crippen LogP contribution in [0.5, 0.6) is 0 Å². The highest BCUT2D eigenvalue weighted by molar-refractivity contribution is 9.10. The molecule has 2 nitrogen and oxygen atoms in total. The Morgan fingerprint density at radius 2 is 2.05 bits per heavy atom. The van der Waals surface area contributed by atoms with Crippen LogP contribution in [0.1, 0.15) is 24.4 Å². The second-order valence-electron chi connectivity index (χ2n) is 4.90. The van der Waals surface area contributed by atoms with E-state index in [1.54, 1.807) is 0 Å². The average Bonchev–Trinajstić information content (AvgIpc) is 2.83. The average molecular weight is 384 g/mol. The number of nitrogens with zero attached hydrogens (tertiary/aromatic N) is 2. The summed E-state index contributed by atoms with van der Waals surface area (Å²) in [6, 6.07) is 14.1. The van der Waals surface area contributed by atoms with Crippen LogP contribution in [0.25, 0.3) is 11.0 Å². The fourth-order valence-corrected chi connectivity index (χ4v) is 3.30. The molecule has 0 fully saturated rings. The first-order chi connectivity index (χ1) is 10.1. The van der Waals surface area contributed by atoms with E-state index in [1.807, 2.05) is 30.3 Å². The molecular formula is C16H13BrCl2N2. The van der Waals surface area contributed by atoms with Gasteiger partial charge in [0.1, 0.15) is 5.82 Å². The van der Waals surface area contributed by atoms with E-state index in [0.717, 1.165) is 31.9 Å². The van der Waals surface area contributed by atoms with Crippen molar-refractivity contribution < 1.29 is 0 Å². The summed E-state index contributed by atoms with van der Waals surface area (Å²) in [5.41, 5.74) is 3.14. The molecule has 1 aromatic heterocycles. The van der Waals surface area contributed by atoms with Gasteiger partial charge in [-0.2, -0.15) is 0 Å². The zero-order valence-electron chi connectivity index (χ0n) is 11.4. The molecule has 0 N–H and O–H groups in total. The predicted octanol–water partition coefficient (Wildman–Crippen LogP) is 5.80. The maximum atomic E-state index is 6.11. The normalized spacial score (nSPS) is 12.8. The Morgan fingerprint density at radius 3 is 2.76 bits per heavy atom. The number of imidazole rings is 1. The molecule has 2 aromatic carbocycles. The van der Waals surface area contributed by atoms with Gasteiger partial charge in [-0.25, -0.2) is 4.98 Å². The molecule has 0 amide bonds. The monoisotopic (exact) mass is 382 g/mol. The number of fused-ring (bicyclic) bond motifs is 1. The molecular weight excluding hydrogens is 371 g/mol. The number of hydrogen-bond acceptors (Lipinski definition) is 1. The summed E-state index contributed by atoms with van der Waals surface area (Å²) >= 11 is 15.7. The maximum absolute atomic E-state index is 6.11. The minimum absolute atomic E-state index is 0.114. The fourth-order valence-electron chi connectivity index (χ4n) is 2.56. The summed E-state index contributed by atoms with van der Waals surface area (Å²) < 4.78 is 3.18. The topological polar surface area (TPSA) is 17.8 Å². The maximum Gasteiger partial charge on any atom is 0.125 e. The predicted molar refractivity (Wildman–Crippen MR) is 92.3 cm³/mol. The molecule has 0 aliphatic rings. The van der Waals surface area contributed by atoms with E-state index >= 15 is 0 Å². The molecule has 0 aliphatic heterocycles. The quantitative estimate of drug-likeness (QED) is 0.522. The number of benzene rings is 2. The minimum Gasteiger partial charge on any atom is -0.320 e. The summed E-state index contributed by atoms with van der Waals surface area (Å²) in [6.45, 7) is 2.13. The smallest absolute Gasteiger partial charge is 0.125 e. The van der Waals surface area contributed by atoms with Crippen LogP contribution >= 0.6 is 39.1 Å². The highest BCUT2D eigenvalue weighted by atomic mass is 79.9. The van der Waals surface area contributed by atoms with Crippen LogP contribution < -0.4 is 0 Å². The SMILES string of the molecule is CC(c1cccc(Cl)c1)n1c(CCl)nc2cc(Br)ccc21. The highest BCUT2D eigenvalue weighted by Crippen LogP contribution is 2.29. The van der Waals surface area contributed by atoms with Crippen molar-refractivity contribution in [3.05, 3.63) is 63.3 Å². The Morgan fingerprint density at radius 1 is 1.24 bits per heavy atom. The molecule has 0 saturated carbocycles. The van der Waals surface area contributed by atoms with Crippen LogP contribution in [0.15, 0.2) is 46.9 Å². The van der Waals surface area contributed by atoms with Gasteiger partial charge in [-0.15, -0.1) is 11.6 Å². The van der Waals surface area contributed by atoms with Crippen molar-refractivity contribution in [3.8, 4) is 0 Å². The second-order valence-corrected chi connectivity index (χ2v) is 6.52. The van der Waals surface area contributed by atoms with E-state index in [1.165, 1.54) is 0 Å². The summed E-state index contributed by atoms with van der Waals surface area (Å²) in [4.78, 5) is 4.63. The Hall–Kier alpha value is -1.03. The molecule has 0 bridgehead atoms. The molecule has 1 unspecified atom stereocenters. The van der Waals surface area contributed by atoms with Crippen LogP contribution in [0.4, 0.5) is 0 Å². The zero-order chi connectivity index (χ0) is 15.0. The van der Waals surface area contributed by atoms with Gasteiger partial charge in [-0.1, -0.05) is 39.7 Å². The van der Waals surface area contributed by atoms with E-state index < -0.39 is 0 Å². The standard InChI is InChI=1S/C16H13BrCl2N2/c1-10(11-3-2-4-13(19)7-11)21-15-6-5-12(17)8-14(15)20-16(21)9-18/h2-8,10H,9H2,1H3. The third kappa shape index (κ3) is 2.83. The van der Waals surface area contributed by atoms with Crippen molar-refractivity contribution in [3.63, 3.8) is 0 Å². The number of alkyl halides is 1. The largest absolute Gasteiger partial charge is 0.320 e. The van der Waals surface area contributed by atoms with Crippen molar-refractivity contribution in [2.75, 3.05) is 0 Å². The zero-order valence-corrected chi connectivity index (χ0v) is 14.5. The Bertz CT molecular complexity index is 798. The third-order valence-corrected chi connectivity index (χ3v) is 4.53. The molecule has 0 spiro atoms. The number of halogens is 3. The van der Waals surface area contributed by atoms with Crippen LogP contribution in [-0.2, 0) is 5.88 Å². The molecule has 1 atom stereocenters. The molecule has 0 aliphatic carbocycles. The molecule has 108 valence electrons. The van der Waals surface area contributed by atoms with E-state index in [-0.39, 0.29) is 6.04 Å². The molecule has 3 rings (SSSR count). The van der Waals surface area contributed by atoms with Gasteiger partial charge in [-0.3, -0.25) is 0 Å². The molecule has 21 heavy (non-hydrogen) atoms. The molecule has 5 heteroatoms. The van der Waals surface area contributed by atoms with Crippen LogP contribution in [0.3, 0.4) is 0 Å². The molecule has 0 radical (unpaired) electrons. The first-order valence-electron chi connectivity index (χ1n) is 6.58. The van der Waals surface area contributed by atoms with Gasteiger partial charge < -0.3 is 4.57 Å². The first kappa shape index (κ1) is 14.9. The highest BCUT2D eigenvalue weighted by Gasteiger charge is 2.17. The van der Waals surface area contributed by atoms with E-state index in [4.69, 9.17) is 23.2 Å². The summed E-state index contributed by atoms with van der Waals surface area (Å²) in [7, 11) is 0. The lowest BCUT2D eigenvalue weighted by Gasteiger charge is -2.17. The number of hydrogen-bond donors (Lipinski definition) is 0. The first-order valence-corrected chi connectivity index (χ1v) is 8.28. The van der Waals surface area contributed by atoms with Gasteiger partial charge in [0.15, 0.2) is 0 Å². The summed E-state index contributed by atoms with van der Waals surface area (Å²) in [6.07, 6.45) is 0. The van der Waals surface area contributed by atoms with Crippen molar-refractivity contribution in [1.82, 2.24) is 9.55 Å². The van der Waals surface area contributed by atoms with Crippen molar-refractivity contribution in [2.24, 2.45) is 0 Å². The van der Waals surface area contributed by atoms with Gasteiger partial charge >= 0.3 is 0 Å². The molecule has 0 saturated heterocycles. The molecule has 3 aromatic rings.